The lowest BCUT2D eigenvalue weighted by molar-refractivity contribution is -0.385. The Hall–Kier alpha value is -2.39. The fourth-order valence-corrected chi connectivity index (χ4v) is 3.11. The first-order valence-corrected chi connectivity index (χ1v) is 8.59. The normalized spacial score (nSPS) is 10.3. The van der Waals surface area contributed by atoms with E-state index in [9.17, 15) is 14.9 Å². The van der Waals surface area contributed by atoms with Crippen LogP contribution in [0.2, 0.25) is 0 Å². The van der Waals surface area contributed by atoms with Gasteiger partial charge in [-0.3, -0.25) is 14.9 Å². The molecule has 1 aromatic heterocycles. The Labute approximate surface area is 164 Å². The second-order valence-corrected chi connectivity index (χ2v) is 6.11. The third-order valence-corrected chi connectivity index (χ3v) is 4.36. The average Bonchev–Trinajstić information content (AvgIpc) is 3.03. The van der Waals surface area contributed by atoms with Crippen LogP contribution >= 0.6 is 28.7 Å². The Morgan fingerprint density at radius 2 is 2.08 bits per heavy atom. The largest absolute Gasteiger partial charge is 0.487 e. The van der Waals surface area contributed by atoms with Crippen molar-refractivity contribution in [2.75, 3.05) is 12.4 Å². The smallest absolute Gasteiger partial charge is 0.311 e. The highest BCUT2D eigenvalue weighted by molar-refractivity contribution is 8.93. The van der Waals surface area contributed by atoms with Crippen molar-refractivity contribution in [3.8, 4) is 5.75 Å². The van der Waals surface area contributed by atoms with E-state index >= 15 is 0 Å². The van der Waals surface area contributed by atoms with Crippen LogP contribution in [-0.2, 0) is 0 Å². The summed E-state index contributed by atoms with van der Waals surface area (Å²) in [6.45, 7) is 2.06. The summed E-state index contributed by atoms with van der Waals surface area (Å²) < 4.78 is 5.22. The van der Waals surface area contributed by atoms with Crippen LogP contribution in [0, 0.1) is 10.1 Å². The van der Waals surface area contributed by atoms with Gasteiger partial charge in [0, 0.05) is 11.6 Å². The number of rotatable bonds is 7. The van der Waals surface area contributed by atoms with E-state index < -0.39 is 4.92 Å². The molecule has 0 saturated heterocycles. The SMILES string of the molecule is Br.CCOc1ccc(C(=O)CSc2nc3ccccc3[nH]2)cc1[N+](=O)[O-]. The molecule has 0 spiro atoms. The maximum Gasteiger partial charge on any atom is 0.311 e. The fourth-order valence-electron chi connectivity index (χ4n) is 2.33. The molecule has 26 heavy (non-hydrogen) atoms. The van der Waals surface area contributed by atoms with Gasteiger partial charge in [0.25, 0.3) is 0 Å². The molecule has 0 saturated carbocycles. The molecule has 7 nitrogen and oxygen atoms in total. The summed E-state index contributed by atoms with van der Waals surface area (Å²) in [6.07, 6.45) is 0. The minimum Gasteiger partial charge on any atom is -0.487 e. The number of carbonyl (C=O) groups is 1. The van der Waals surface area contributed by atoms with E-state index in [2.05, 4.69) is 9.97 Å². The fraction of sp³-hybridized carbons (Fsp3) is 0.176. The molecule has 136 valence electrons. The third-order valence-electron chi connectivity index (χ3n) is 3.49. The van der Waals surface area contributed by atoms with Crippen molar-refractivity contribution in [2.24, 2.45) is 0 Å². The van der Waals surface area contributed by atoms with E-state index in [-0.39, 0.29) is 45.5 Å². The first-order valence-electron chi connectivity index (χ1n) is 7.60. The number of para-hydroxylation sites is 2. The molecule has 1 heterocycles. The number of hydrogen-bond donors (Lipinski definition) is 1. The molecule has 0 bridgehead atoms. The summed E-state index contributed by atoms with van der Waals surface area (Å²) in [5.41, 5.74) is 1.79. The predicted molar refractivity (Wildman–Crippen MR) is 106 cm³/mol. The summed E-state index contributed by atoms with van der Waals surface area (Å²) >= 11 is 1.26. The lowest BCUT2D eigenvalue weighted by Crippen LogP contribution is -2.05. The van der Waals surface area contributed by atoms with Crippen LogP contribution in [0.25, 0.3) is 11.0 Å². The van der Waals surface area contributed by atoms with Crippen LogP contribution in [0.5, 0.6) is 5.75 Å². The molecule has 0 aliphatic rings. The van der Waals surface area contributed by atoms with Gasteiger partial charge in [0.05, 0.1) is 28.3 Å². The number of hydrogen-bond acceptors (Lipinski definition) is 6. The van der Waals surface area contributed by atoms with Crippen molar-refractivity contribution in [1.82, 2.24) is 9.97 Å². The highest BCUT2D eigenvalue weighted by Crippen LogP contribution is 2.29. The van der Waals surface area contributed by atoms with Crippen molar-refractivity contribution in [3.05, 3.63) is 58.1 Å². The van der Waals surface area contributed by atoms with Crippen LogP contribution in [0.3, 0.4) is 0 Å². The number of ether oxygens (including phenoxy) is 1. The number of carbonyl (C=O) groups excluding carboxylic acids is 1. The van der Waals surface area contributed by atoms with Gasteiger partial charge in [-0.15, -0.1) is 17.0 Å². The number of aromatic amines is 1. The topological polar surface area (TPSA) is 98.1 Å². The number of nitrogens with zero attached hydrogens (tertiary/aromatic N) is 2. The number of fused-ring (bicyclic) bond motifs is 1. The first-order chi connectivity index (χ1) is 12.1. The van der Waals surface area contributed by atoms with Crippen molar-refractivity contribution in [2.45, 2.75) is 12.1 Å². The van der Waals surface area contributed by atoms with Crippen LogP contribution in [0.15, 0.2) is 47.6 Å². The van der Waals surface area contributed by atoms with Crippen LogP contribution in [-0.4, -0.2) is 33.0 Å². The number of benzene rings is 2. The number of nitro benzene ring substituents is 1. The zero-order valence-electron chi connectivity index (χ0n) is 13.8. The first kappa shape index (κ1) is 19.9. The molecule has 2 aromatic carbocycles. The number of aromatic nitrogens is 2. The summed E-state index contributed by atoms with van der Waals surface area (Å²) in [5, 5.41) is 11.8. The van der Waals surface area contributed by atoms with Gasteiger partial charge in [0.15, 0.2) is 16.7 Å². The van der Waals surface area contributed by atoms with Gasteiger partial charge in [0.1, 0.15) is 0 Å². The Morgan fingerprint density at radius 1 is 1.31 bits per heavy atom. The van der Waals surface area contributed by atoms with Gasteiger partial charge in [-0.05, 0) is 31.2 Å². The van der Waals surface area contributed by atoms with E-state index in [1.54, 1.807) is 13.0 Å². The van der Waals surface area contributed by atoms with Crippen molar-refractivity contribution < 1.29 is 14.5 Å². The van der Waals surface area contributed by atoms with Crippen LogP contribution in [0.1, 0.15) is 17.3 Å². The zero-order chi connectivity index (χ0) is 17.8. The summed E-state index contributed by atoms with van der Waals surface area (Å²) in [4.78, 5) is 30.5. The Morgan fingerprint density at radius 3 is 2.77 bits per heavy atom. The molecule has 0 aliphatic carbocycles. The minimum absolute atomic E-state index is 0. The van der Waals surface area contributed by atoms with E-state index in [0.717, 1.165) is 11.0 Å². The van der Waals surface area contributed by atoms with Gasteiger partial charge < -0.3 is 9.72 Å². The average molecular weight is 438 g/mol. The Balaban J connectivity index is 0.00000243. The number of H-pyrrole nitrogens is 1. The number of thioether (sulfide) groups is 1. The molecule has 1 N–H and O–H groups in total. The van der Waals surface area contributed by atoms with Crippen molar-refractivity contribution >= 4 is 51.2 Å². The number of nitrogens with one attached hydrogen (secondary N) is 1. The minimum atomic E-state index is -0.547. The van der Waals surface area contributed by atoms with Gasteiger partial charge in [-0.25, -0.2) is 4.98 Å². The standard InChI is InChI=1S/C17H15N3O4S.BrH/c1-2-24-16-8-7-11(9-14(16)20(22)23)15(21)10-25-17-18-12-5-3-4-6-13(12)19-17;/h3-9H,2,10H2,1H3,(H,18,19);1H. The second kappa shape index (κ2) is 8.81. The molecular formula is C17H16BrN3O4S. The highest BCUT2D eigenvalue weighted by atomic mass is 79.9. The number of nitro groups is 1. The molecule has 9 heteroatoms. The van der Waals surface area contributed by atoms with Crippen molar-refractivity contribution in [1.29, 1.82) is 0 Å². The van der Waals surface area contributed by atoms with Gasteiger partial charge in [-0.2, -0.15) is 0 Å². The summed E-state index contributed by atoms with van der Waals surface area (Å²) in [5.74, 6) is 0.0795. The highest BCUT2D eigenvalue weighted by Gasteiger charge is 2.19. The van der Waals surface area contributed by atoms with Gasteiger partial charge >= 0.3 is 5.69 Å². The maximum atomic E-state index is 12.4. The lowest BCUT2D eigenvalue weighted by Gasteiger charge is -2.05. The molecule has 3 aromatic rings. The molecule has 0 aliphatic heterocycles. The Bertz CT molecular complexity index is 912. The molecule has 0 radical (unpaired) electrons. The van der Waals surface area contributed by atoms with Gasteiger partial charge in [0.2, 0.25) is 0 Å². The molecule has 3 rings (SSSR count). The molecule has 0 amide bonds. The van der Waals surface area contributed by atoms with E-state index in [1.807, 2.05) is 24.3 Å². The number of imidazole rings is 1. The number of halogens is 1. The monoisotopic (exact) mass is 437 g/mol. The van der Waals surface area contributed by atoms with E-state index in [0.29, 0.717) is 11.8 Å². The van der Waals surface area contributed by atoms with Crippen LogP contribution < -0.4 is 4.74 Å². The summed E-state index contributed by atoms with van der Waals surface area (Å²) in [6, 6.07) is 11.8. The summed E-state index contributed by atoms with van der Waals surface area (Å²) in [7, 11) is 0. The molecule has 0 unspecified atom stereocenters. The molecular weight excluding hydrogens is 422 g/mol. The van der Waals surface area contributed by atoms with E-state index in [1.165, 1.54) is 23.9 Å². The third kappa shape index (κ3) is 4.41. The van der Waals surface area contributed by atoms with E-state index in [4.69, 9.17) is 4.74 Å². The van der Waals surface area contributed by atoms with Crippen molar-refractivity contribution in [3.63, 3.8) is 0 Å². The maximum absolute atomic E-state index is 12.4. The number of ketones is 1. The predicted octanol–water partition coefficient (Wildman–Crippen LogP) is 4.42. The molecule has 0 atom stereocenters. The number of Topliss-reactive ketones (excluding diaryl/α,β-unsaturated/α-hetero) is 1. The zero-order valence-corrected chi connectivity index (χ0v) is 16.3. The lowest BCUT2D eigenvalue weighted by atomic mass is 10.1. The quantitative estimate of drug-likeness (QED) is 0.254. The second-order valence-electron chi connectivity index (χ2n) is 5.14. The van der Waals surface area contributed by atoms with Crippen LogP contribution in [0.4, 0.5) is 5.69 Å². The Kier molecular flexibility index (Phi) is 6.76. The molecule has 0 fully saturated rings. The van der Waals surface area contributed by atoms with Gasteiger partial charge in [-0.1, -0.05) is 23.9 Å².